The summed E-state index contributed by atoms with van der Waals surface area (Å²) in [5, 5.41) is 15.5. The summed E-state index contributed by atoms with van der Waals surface area (Å²) in [7, 11) is 0. The Hall–Kier alpha value is -5.14. The number of halogens is 1. The van der Waals surface area contributed by atoms with E-state index in [9.17, 15) is 14.0 Å². The Bertz CT molecular complexity index is 1580. The van der Waals surface area contributed by atoms with Gasteiger partial charge in [-0.15, -0.1) is 0 Å². The number of benzene rings is 1. The maximum Gasteiger partial charge on any atom is 0.326 e. The van der Waals surface area contributed by atoms with Gasteiger partial charge in [-0.05, 0) is 42.2 Å². The van der Waals surface area contributed by atoms with E-state index >= 15 is 0 Å². The van der Waals surface area contributed by atoms with Gasteiger partial charge >= 0.3 is 6.03 Å². The van der Waals surface area contributed by atoms with Gasteiger partial charge in [-0.2, -0.15) is 19.6 Å². The van der Waals surface area contributed by atoms with Crippen molar-refractivity contribution < 1.29 is 14.0 Å². The largest absolute Gasteiger partial charge is 0.368 e. The minimum atomic E-state index is -0.595. The number of amides is 3. The van der Waals surface area contributed by atoms with Crippen LogP contribution in [-0.4, -0.2) is 47.5 Å². The third-order valence-corrected chi connectivity index (χ3v) is 5.82. The van der Waals surface area contributed by atoms with Crippen LogP contribution in [0.25, 0.3) is 22.9 Å². The fraction of sp³-hybridized carbons (Fsp3) is 0.174. The van der Waals surface area contributed by atoms with E-state index in [0.717, 1.165) is 18.4 Å². The molecule has 4 heterocycles. The monoisotopic (exact) mass is 501 g/mol. The standard InChI is InChI=1S/C23H20FN11O2/c24-14-2-1-11(16(6-14)13-8-26-20(25)27-9-13)7-28-21-32-18-12(5-17-19(36)33-23(37)31-17)10-29-35(18)22(34-21)30-15-3-4-15/h1-2,5-6,8-10,15H,3-4,7H2,(H2,25,26,27)(H2,28,30,32,34)(H2,31,33,36,37)/b17-5-. The summed E-state index contributed by atoms with van der Waals surface area (Å²) in [5.41, 5.74) is 8.59. The molecule has 2 fully saturated rings. The molecule has 2 aliphatic rings. The van der Waals surface area contributed by atoms with Crippen LogP contribution in [0.3, 0.4) is 0 Å². The van der Waals surface area contributed by atoms with Gasteiger partial charge in [0.25, 0.3) is 5.91 Å². The van der Waals surface area contributed by atoms with E-state index in [-0.39, 0.29) is 24.2 Å². The number of anilines is 3. The molecule has 1 aliphatic carbocycles. The molecular weight excluding hydrogens is 481 g/mol. The van der Waals surface area contributed by atoms with Gasteiger partial charge in [0.05, 0.1) is 6.20 Å². The number of carbonyl (C=O) groups is 2. The molecule has 6 N–H and O–H groups in total. The van der Waals surface area contributed by atoms with E-state index in [0.29, 0.717) is 34.2 Å². The number of nitrogens with one attached hydrogen (secondary N) is 4. The normalized spacial score (nSPS) is 16.2. The van der Waals surface area contributed by atoms with Gasteiger partial charge in [0.1, 0.15) is 11.5 Å². The van der Waals surface area contributed by atoms with E-state index in [1.165, 1.54) is 36.8 Å². The summed E-state index contributed by atoms with van der Waals surface area (Å²) in [6.07, 6.45) is 8.13. The molecule has 0 unspecified atom stereocenters. The Balaban J connectivity index is 1.34. The molecular formula is C23H20FN11O2. The predicted molar refractivity (Wildman–Crippen MR) is 131 cm³/mol. The molecule has 0 spiro atoms. The molecule has 3 amide bonds. The number of imide groups is 1. The molecule has 14 heteroatoms. The molecule has 4 aromatic rings. The van der Waals surface area contributed by atoms with Crippen molar-refractivity contribution in [1.82, 2.24) is 40.2 Å². The van der Waals surface area contributed by atoms with Gasteiger partial charge in [0.2, 0.25) is 17.8 Å². The van der Waals surface area contributed by atoms with Crippen LogP contribution >= 0.6 is 0 Å². The first kappa shape index (κ1) is 22.3. The first-order valence-corrected chi connectivity index (χ1v) is 11.4. The van der Waals surface area contributed by atoms with Crippen molar-refractivity contribution in [2.45, 2.75) is 25.4 Å². The van der Waals surface area contributed by atoms with E-state index in [1.807, 2.05) is 0 Å². The fourth-order valence-corrected chi connectivity index (χ4v) is 3.84. The zero-order valence-electron chi connectivity index (χ0n) is 19.2. The average Bonchev–Trinajstić information content (AvgIpc) is 3.51. The van der Waals surface area contributed by atoms with Gasteiger partial charge in [-0.3, -0.25) is 10.1 Å². The van der Waals surface area contributed by atoms with Gasteiger partial charge in [0, 0.05) is 36.1 Å². The van der Waals surface area contributed by atoms with Crippen molar-refractivity contribution in [2.24, 2.45) is 0 Å². The van der Waals surface area contributed by atoms with Crippen molar-refractivity contribution in [2.75, 3.05) is 16.4 Å². The Morgan fingerprint density at radius 2 is 1.95 bits per heavy atom. The summed E-state index contributed by atoms with van der Waals surface area (Å²) in [6, 6.07) is 4.11. The lowest BCUT2D eigenvalue weighted by Crippen LogP contribution is -2.22. The number of aromatic nitrogens is 6. The lowest BCUT2D eigenvalue weighted by Gasteiger charge is -2.13. The summed E-state index contributed by atoms with van der Waals surface area (Å²) in [5.74, 6) is -0.0449. The number of carbonyl (C=O) groups excluding carboxylic acids is 2. The second kappa shape index (κ2) is 8.82. The number of nitrogens with zero attached hydrogens (tertiary/aromatic N) is 6. The van der Waals surface area contributed by atoms with Crippen molar-refractivity contribution in [3.05, 3.63) is 59.4 Å². The van der Waals surface area contributed by atoms with Gasteiger partial charge in [0.15, 0.2) is 5.65 Å². The molecule has 1 saturated heterocycles. The molecule has 1 aromatic carbocycles. The van der Waals surface area contributed by atoms with Gasteiger partial charge < -0.3 is 21.7 Å². The number of hydrogen-bond acceptors (Lipinski definition) is 10. The number of fused-ring (bicyclic) bond motifs is 1. The molecule has 186 valence electrons. The van der Waals surface area contributed by atoms with E-state index < -0.39 is 17.8 Å². The van der Waals surface area contributed by atoms with Crippen LogP contribution in [0.4, 0.5) is 27.0 Å². The fourth-order valence-electron chi connectivity index (χ4n) is 3.84. The summed E-state index contributed by atoms with van der Waals surface area (Å²) in [4.78, 5) is 40.7. The Morgan fingerprint density at radius 1 is 1.14 bits per heavy atom. The van der Waals surface area contributed by atoms with Crippen LogP contribution in [0.15, 0.2) is 42.5 Å². The topological polar surface area (TPSA) is 177 Å². The highest BCUT2D eigenvalue weighted by Gasteiger charge is 2.26. The third-order valence-electron chi connectivity index (χ3n) is 5.82. The van der Waals surface area contributed by atoms with Crippen LogP contribution < -0.4 is 27.0 Å². The summed E-state index contributed by atoms with van der Waals surface area (Å²) < 4.78 is 15.6. The second-order valence-electron chi connectivity index (χ2n) is 8.58. The summed E-state index contributed by atoms with van der Waals surface area (Å²) in [6.45, 7) is 0.266. The van der Waals surface area contributed by atoms with Crippen LogP contribution in [0.5, 0.6) is 0 Å². The molecule has 1 saturated carbocycles. The molecule has 0 radical (unpaired) electrons. The van der Waals surface area contributed by atoms with Gasteiger partial charge in [-0.25, -0.2) is 19.2 Å². The van der Waals surface area contributed by atoms with Crippen molar-refractivity contribution in [3.8, 4) is 11.1 Å². The van der Waals surface area contributed by atoms with Crippen molar-refractivity contribution in [3.63, 3.8) is 0 Å². The minimum Gasteiger partial charge on any atom is -0.368 e. The Kier molecular flexibility index (Phi) is 5.32. The SMILES string of the molecule is Nc1ncc(-c2cc(F)ccc2CNc2nc(NC3CC3)n3ncc(/C=C4\NC(=O)NC4=O)c3n2)cn1. The molecule has 13 nitrogen and oxygen atoms in total. The maximum atomic E-state index is 14.1. The quantitative estimate of drug-likeness (QED) is 0.185. The molecule has 0 atom stereocenters. The van der Waals surface area contributed by atoms with Gasteiger partial charge in [-0.1, -0.05) is 6.07 Å². The van der Waals surface area contributed by atoms with Crippen LogP contribution in [0.1, 0.15) is 24.0 Å². The Morgan fingerprint density at radius 3 is 2.68 bits per heavy atom. The highest BCUT2D eigenvalue weighted by atomic mass is 19.1. The maximum absolute atomic E-state index is 14.1. The molecule has 0 bridgehead atoms. The lowest BCUT2D eigenvalue weighted by molar-refractivity contribution is -0.115. The van der Waals surface area contributed by atoms with Crippen molar-refractivity contribution in [1.29, 1.82) is 0 Å². The minimum absolute atomic E-state index is 0.0893. The third kappa shape index (κ3) is 4.59. The number of nitrogen functional groups attached to an aromatic ring is 1. The lowest BCUT2D eigenvalue weighted by atomic mass is 10.0. The number of hydrogen-bond donors (Lipinski definition) is 5. The summed E-state index contributed by atoms with van der Waals surface area (Å²) >= 11 is 0. The Labute approximate surface area is 208 Å². The highest BCUT2D eigenvalue weighted by Crippen LogP contribution is 2.27. The average molecular weight is 501 g/mol. The number of nitrogens with two attached hydrogens (primary N) is 1. The van der Waals surface area contributed by atoms with Crippen LogP contribution in [-0.2, 0) is 11.3 Å². The van der Waals surface area contributed by atoms with Crippen LogP contribution in [0, 0.1) is 5.82 Å². The second-order valence-corrected chi connectivity index (χ2v) is 8.58. The predicted octanol–water partition coefficient (Wildman–Crippen LogP) is 1.67. The van der Waals surface area contributed by atoms with Crippen molar-refractivity contribution >= 4 is 41.5 Å². The van der Waals surface area contributed by atoms with E-state index in [4.69, 9.17) is 5.73 Å². The first-order chi connectivity index (χ1) is 17.9. The zero-order valence-corrected chi connectivity index (χ0v) is 19.2. The molecule has 3 aromatic heterocycles. The first-order valence-electron chi connectivity index (χ1n) is 11.4. The number of urea groups is 1. The van der Waals surface area contributed by atoms with Crippen LogP contribution in [0.2, 0.25) is 0 Å². The van der Waals surface area contributed by atoms with E-state index in [1.54, 1.807) is 10.6 Å². The smallest absolute Gasteiger partial charge is 0.326 e. The zero-order chi connectivity index (χ0) is 25.5. The molecule has 6 rings (SSSR count). The highest BCUT2D eigenvalue weighted by molar-refractivity contribution is 6.14. The molecule has 37 heavy (non-hydrogen) atoms. The van der Waals surface area contributed by atoms with E-state index in [2.05, 4.69) is 46.3 Å². The number of rotatable bonds is 7. The molecule has 1 aliphatic heterocycles.